The summed E-state index contributed by atoms with van der Waals surface area (Å²) in [5.74, 6) is 0.658. The van der Waals surface area contributed by atoms with Crippen LogP contribution in [0.15, 0.2) is 24.3 Å². The van der Waals surface area contributed by atoms with Crippen molar-refractivity contribution in [3.63, 3.8) is 0 Å². The van der Waals surface area contributed by atoms with Crippen molar-refractivity contribution in [2.24, 2.45) is 0 Å². The van der Waals surface area contributed by atoms with E-state index in [1.54, 1.807) is 7.11 Å². The fourth-order valence-corrected chi connectivity index (χ4v) is 2.46. The van der Waals surface area contributed by atoms with Gasteiger partial charge in [-0.1, -0.05) is 18.6 Å². The van der Waals surface area contributed by atoms with Gasteiger partial charge in [-0.25, -0.2) is 0 Å². The molecule has 1 fully saturated rings. The molecule has 20 heavy (non-hydrogen) atoms. The number of hydrogen-bond acceptors (Lipinski definition) is 4. The van der Waals surface area contributed by atoms with E-state index in [0.29, 0.717) is 19.1 Å². The van der Waals surface area contributed by atoms with Gasteiger partial charge in [0.1, 0.15) is 12.4 Å². The monoisotopic (exact) mass is 277 g/mol. The van der Waals surface area contributed by atoms with Crippen molar-refractivity contribution in [1.29, 1.82) is 0 Å². The molecule has 1 unspecified atom stereocenters. The minimum atomic E-state index is -0.125. The van der Waals surface area contributed by atoms with Crippen molar-refractivity contribution in [1.82, 2.24) is 5.32 Å². The molecule has 0 aromatic heterocycles. The normalized spacial score (nSPS) is 18.6. The van der Waals surface area contributed by atoms with Crippen LogP contribution in [-0.2, 0) is 16.1 Å². The molecule has 1 aliphatic rings. The Morgan fingerprint density at radius 3 is 3.05 bits per heavy atom. The number of rotatable bonds is 6. The van der Waals surface area contributed by atoms with E-state index in [-0.39, 0.29) is 5.97 Å². The maximum Gasteiger partial charge on any atom is 0.306 e. The molecule has 1 N–H and O–H groups in total. The summed E-state index contributed by atoms with van der Waals surface area (Å²) in [5.41, 5.74) is 0.952. The summed E-state index contributed by atoms with van der Waals surface area (Å²) in [5, 5.41) is 3.44. The first kappa shape index (κ1) is 14.9. The lowest BCUT2D eigenvalue weighted by Gasteiger charge is -2.22. The standard InChI is InChI=1S/C16H23NO3/c1-19-15-7-4-5-13(11-15)12-20-16(18)9-8-14-6-2-3-10-17-14/h4-5,7,11,14,17H,2-3,6,8-10,12H2,1H3. The number of piperidine rings is 1. The first-order chi connectivity index (χ1) is 9.78. The van der Waals surface area contributed by atoms with Gasteiger partial charge in [0.15, 0.2) is 0 Å². The molecule has 1 heterocycles. The van der Waals surface area contributed by atoms with E-state index in [1.165, 1.54) is 19.3 Å². The lowest BCUT2D eigenvalue weighted by Crippen LogP contribution is -2.34. The van der Waals surface area contributed by atoms with E-state index in [9.17, 15) is 4.79 Å². The van der Waals surface area contributed by atoms with Crippen LogP contribution in [0.1, 0.15) is 37.7 Å². The van der Waals surface area contributed by atoms with Gasteiger partial charge < -0.3 is 14.8 Å². The Labute approximate surface area is 120 Å². The molecule has 0 spiro atoms. The molecule has 0 aliphatic carbocycles. The predicted molar refractivity (Wildman–Crippen MR) is 77.7 cm³/mol. The van der Waals surface area contributed by atoms with Gasteiger partial charge in [0.25, 0.3) is 0 Å². The highest BCUT2D eigenvalue weighted by molar-refractivity contribution is 5.69. The highest BCUT2D eigenvalue weighted by atomic mass is 16.5. The second-order valence-electron chi connectivity index (χ2n) is 5.20. The second-order valence-corrected chi connectivity index (χ2v) is 5.20. The zero-order valence-electron chi connectivity index (χ0n) is 12.1. The van der Waals surface area contributed by atoms with Gasteiger partial charge in [-0.3, -0.25) is 4.79 Å². The molecular weight excluding hydrogens is 254 g/mol. The summed E-state index contributed by atoms with van der Waals surface area (Å²) in [4.78, 5) is 11.7. The largest absolute Gasteiger partial charge is 0.497 e. The molecule has 1 atom stereocenters. The van der Waals surface area contributed by atoms with Crippen molar-refractivity contribution in [3.05, 3.63) is 29.8 Å². The van der Waals surface area contributed by atoms with Gasteiger partial charge >= 0.3 is 5.97 Å². The first-order valence-electron chi connectivity index (χ1n) is 7.30. The predicted octanol–water partition coefficient (Wildman–Crippen LogP) is 2.66. The van der Waals surface area contributed by atoms with Gasteiger partial charge in [-0.05, 0) is 43.5 Å². The number of benzene rings is 1. The van der Waals surface area contributed by atoms with E-state index in [1.807, 2.05) is 24.3 Å². The Morgan fingerprint density at radius 1 is 1.40 bits per heavy atom. The molecule has 0 saturated carbocycles. The van der Waals surface area contributed by atoms with Crippen LogP contribution < -0.4 is 10.1 Å². The molecule has 2 rings (SSSR count). The topological polar surface area (TPSA) is 47.6 Å². The van der Waals surface area contributed by atoms with Crippen LogP contribution in [0.3, 0.4) is 0 Å². The smallest absolute Gasteiger partial charge is 0.306 e. The Kier molecular flexibility index (Phi) is 5.87. The highest BCUT2D eigenvalue weighted by Crippen LogP contribution is 2.15. The van der Waals surface area contributed by atoms with Crippen molar-refractivity contribution >= 4 is 5.97 Å². The molecule has 4 heteroatoms. The zero-order chi connectivity index (χ0) is 14.2. The fraction of sp³-hybridized carbons (Fsp3) is 0.562. The van der Waals surface area contributed by atoms with Crippen LogP contribution in [0.5, 0.6) is 5.75 Å². The van der Waals surface area contributed by atoms with Crippen LogP contribution in [0, 0.1) is 0 Å². The number of ether oxygens (including phenoxy) is 2. The SMILES string of the molecule is COc1cccc(COC(=O)CCC2CCCCN2)c1. The number of methoxy groups -OCH3 is 1. The number of nitrogens with one attached hydrogen (secondary N) is 1. The average molecular weight is 277 g/mol. The molecule has 1 aromatic carbocycles. The average Bonchev–Trinajstić information content (AvgIpc) is 2.52. The van der Waals surface area contributed by atoms with Gasteiger partial charge in [-0.2, -0.15) is 0 Å². The summed E-state index contributed by atoms with van der Waals surface area (Å²) in [6, 6.07) is 8.07. The Hall–Kier alpha value is -1.55. The summed E-state index contributed by atoms with van der Waals surface area (Å²) in [6.07, 6.45) is 5.04. The minimum Gasteiger partial charge on any atom is -0.497 e. The van der Waals surface area contributed by atoms with Gasteiger partial charge in [-0.15, -0.1) is 0 Å². The molecule has 1 aliphatic heterocycles. The molecule has 0 amide bonds. The van der Waals surface area contributed by atoms with Crippen molar-refractivity contribution in [2.45, 2.75) is 44.8 Å². The third-order valence-electron chi connectivity index (χ3n) is 3.64. The molecule has 0 radical (unpaired) electrons. The minimum absolute atomic E-state index is 0.125. The quantitative estimate of drug-likeness (QED) is 0.812. The fourth-order valence-electron chi connectivity index (χ4n) is 2.46. The van der Waals surface area contributed by atoms with Gasteiger partial charge in [0.05, 0.1) is 7.11 Å². The molecular formula is C16H23NO3. The van der Waals surface area contributed by atoms with Gasteiger partial charge in [0.2, 0.25) is 0 Å². The van der Waals surface area contributed by atoms with E-state index in [4.69, 9.17) is 9.47 Å². The van der Waals surface area contributed by atoms with Crippen LogP contribution in [0.4, 0.5) is 0 Å². The lowest BCUT2D eigenvalue weighted by atomic mass is 10.0. The summed E-state index contributed by atoms with van der Waals surface area (Å²) in [7, 11) is 1.63. The Balaban J connectivity index is 1.68. The first-order valence-corrected chi connectivity index (χ1v) is 7.30. The summed E-state index contributed by atoms with van der Waals surface area (Å²) in [6.45, 7) is 1.39. The van der Waals surface area contributed by atoms with Crippen LogP contribution in [-0.4, -0.2) is 25.7 Å². The maximum atomic E-state index is 11.7. The van der Waals surface area contributed by atoms with E-state index < -0.39 is 0 Å². The van der Waals surface area contributed by atoms with Crippen LogP contribution in [0.2, 0.25) is 0 Å². The highest BCUT2D eigenvalue weighted by Gasteiger charge is 2.14. The number of esters is 1. The molecule has 1 saturated heterocycles. The molecule has 110 valence electrons. The maximum absolute atomic E-state index is 11.7. The number of carbonyl (C=O) groups excluding carboxylic acids is 1. The third-order valence-corrected chi connectivity index (χ3v) is 3.64. The van der Waals surface area contributed by atoms with E-state index >= 15 is 0 Å². The molecule has 1 aromatic rings. The summed E-state index contributed by atoms with van der Waals surface area (Å²) < 4.78 is 10.4. The van der Waals surface area contributed by atoms with E-state index in [0.717, 1.165) is 24.3 Å². The second kappa shape index (κ2) is 7.90. The molecule has 4 nitrogen and oxygen atoms in total. The Bertz CT molecular complexity index is 427. The van der Waals surface area contributed by atoms with E-state index in [2.05, 4.69) is 5.32 Å². The summed E-state index contributed by atoms with van der Waals surface area (Å²) >= 11 is 0. The van der Waals surface area contributed by atoms with Crippen molar-refractivity contribution in [3.8, 4) is 5.75 Å². The van der Waals surface area contributed by atoms with Crippen molar-refractivity contribution in [2.75, 3.05) is 13.7 Å². The molecule has 0 bridgehead atoms. The number of hydrogen-bond donors (Lipinski definition) is 1. The third kappa shape index (κ3) is 4.85. The lowest BCUT2D eigenvalue weighted by molar-refractivity contribution is -0.145. The van der Waals surface area contributed by atoms with Crippen LogP contribution >= 0.6 is 0 Å². The Morgan fingerprint density at radius 2 is 2.30 bits per heavy atom. The van der Waals surface area contributed by atoms with Crippen molar-refractivity contribution < 1.29 is 14.3 Å². The zero-order valence-corrected chi connectivity index (χ0v) is 12.1. The van der Waals surface area contributed by atoms with Gasteiger partial charge in [0, 0.05) is 12.5 Å². The van der Waals surface area contributed by atoms with Crippen LogP contribution in [0.25, 0.3) is 0 Å². The number of carbonyl (C=O) groups is 1.